The second-order valence-corrected chi connectivity index (χ2v) is 4.54. The van der Waals surface area contributed by atoms with E-state index in [0.717, 1.165) is 38.5 Å². The maximum absolute atomic E-state index is 13.7. The molecule has 0 amide bonds. The van der Waals surface area contributed by atoms with Crippen LogP contribution >= 0.6 is 0 Å². The summed E-state index contributed by atoms with van der Waals surface area (Å²) >= 11 is 0. The SMILES string of the molecule is CCCCCCC(=O)c1cc(F)c(C(=O)OC)c(F)c1. The molecule has 0 aliphatic carbocycles. The molecule has 0 fully saturated rings. The lowest BCUT2D eigenvalue weighted by Crippen LogP contribution is -2.10. The first-order chi connectivity index (χ1) is 9.51. The van der Waals surface area contributed by atoms with Gasteiger partial charge in [-0.1, -0.05) is 26.2 Å². The average Bonchev–Trinajstić information content (AvgIpc) is 2.42. The number of ether oxygens (including phenoxy) is 1. The summed E-state index contributed by atoms with van der Waals surface area (Å²) in [5.41, 5.74) is -0.820. The van der Waals surface area contributed by atoms with Crippen LogP contribution in [0.5, 0.6) is 0 Å². The van der Waals surface area contributed by atoms with Crippen molar-refractivity contribution in [2.45, 2.75) is 39.0 Å². The van der Waals surface area contributed by atoms with E-state index in [1.54, 1.807) is 0 Å². The molecule has 0 N–H and O–H groups in total. The molecule has 3 nitrogen and oxygen atoms in total. The van der Waals surface area contributed by atoms with Crippen LogP contribution in [0.3, 0.4) is 0 Å². The Bertz CT molecular complexity index is 475. The highest BCUT2D eigenvalue weighted by atomic mass is 19.1. The molecule has 0 saturated heterocycles. The van der Waals surface area contributed by atoms with Gasteiger partial charge >= 0.3 is 5.97 Å². The summed E-state index contributed by atoms with van der Waals surface area (Å²) in [5, 5.41) is 0. The van der Waals surface area contributed by atoms with Gasteiger partial charge in [-0.05, 0) is 18.6 Å². The Balaban J connectivity index is 2.83. The Hall–Kier alpha value is -1.78. The maximum atomic E-state index is 13.7. The minimum atomic E-state index is -1.10. The minimum Gasteiger partial charge on any atom is -0.465 e. The molecule has 0 bridgehead atoms. The Morgan fingerprint density at radius 3 is 2.20 bits per heavy atom. The van der Waals surface area contributed by atoms with Crippen molar-refractivity contribution in [3.8, 4) is 0 Å². The molecule has 0 spiro atoms. The van der Waals surface area contributed by atoms with E-state index >= 15 is 0 Å². The van der Waals surface area contributed by atoms with E-state index in [1.165, 1.54) is 0 Å². The number of benzene rings is 1. The summed E-state index contributed by atoms with van der Waals surface area (Å²) in [6.07, 6.45) is 3.92. The Morgan fingerprint density at radius 1 is 1.10 bits per heavy atom. The number of Topliss-reactive ketones (excluding diaryl/α,β-unsaturated/α-hetero) is 1. The number of hydrogen-bond acceptors (Lipinski definition) is 3. The molecule has 0 atom stereocenters. The third-order valence-corrected chi connectivity index (χ3v) is 3.01. The summed E-state index contributed by atoms with van der Waals surface area (Å²) < 4.78 is 31.6. The van der Waals surface area contributed by atoms with Gasteiger partial charge in [0.15, 0.2) is 5.78 Å². The van der Waals surface area contributed by atoms with Crippen LogP contribution in [-0.4, -0.2) is 18.9 Å². The fourth-order valence-corrected chi connectivity index (χ4v) is 1.89. The summed E-state index contributed by atoms with van der Waals surface area (Å²) in [6.45, 7) is 2.05. The lowest BCUT2D eigenvalue weighted by Gasteiger charge is -2.06. The summed E-state index contributed by atoms with van der Waals surface area (Å²) in [7, 11) is 1.04. The number of carbonyl (C=O) groups excluding carboxylic acids is 2. The van der Waals surface area contributed by atoms with Gasteiger partial charge in [-0.25, -0.2) is 13.6 Å². The van der Waals surface area contributed by atoms with Crippen molar-refractivity contribution in [3.05, 3.63) is 34.9 Å². The first kappa shape index (κ1) is 16.3. The van der Waals surface area contributed by atoms with Gasteiger partial charge in [-0.3, -0.25) is 4.79 Å². The van der Waals surface area contributed by atoms with Gasteiger partial charge in [0.25, 0.3) is 0 Å². The second kappa shape index (κ2) is 7.72. The van der Waals surface area contributed by atoms with Gasteiger partial charge in [0.2, 0.25) is 0 Å². The van der Waals surface area contributed by atoms with Crippen LogP contribution in [0.15, 0.2) is 12.1 Å². The second-order valence-electron chi connectivity index (χ2n) is 4.54. The molecule has 0 aliphatic rings. The number of hydrogen-bond donors (Lipinski definition) is 0. The van der Waals surface area contributed by atoms with E-state index < -0.39 is 23.2 Å². The highest BCUT2D eigenvalue weighted by Crippen LogP contribution is 2.18. The first-order valence-corrected chi connectivity index (χ1v) is 6.61. The number of halogens is 2. The molecule has 1 aromatic carbocycles. The fourth-order valence-electron chi connectivity index (χ4n) is 1.89. The molecule has 1 rings (SSSR count). The van der Waals surface area contributed by atoms with E-state index in [1.807, 2.05) is 0 Å². The number of methoxy groups -OCH3 is 1. The predicted octanol–water partition coefficient (Wildman–Crippen LogP) is 3.90. The summed E-state index contributed by atoms with van der Waals surface area (Å²) in [6, 6.07) is 1.77. The largest absolute Gasteiger partial charge is 0.465 e. The van der Waals surface area contributed by atoms with Gasteiger partial charge in [-0.15, -0.1) is 0 Å². The van der Waals surface area contributed by atoms with Gasteiger partial charge in [0, 0.05) is 12.0 Å². The standard InChI is InChI=1S/C15H18F2O3/c1-3-4-5-6-7-13(18)10-8-11(16)14(12(17)9-10)15(19)20-2/h8-9H,3-7H2,1-2H3. The third-order valence-electron chi connectivity index (χ3n) is 3.01. The van der Waals surface area contributed by atoms with Crippen LogP contribution in [0.25, 0.3) is 0 Å². The molecule has 1 aromatic rings. The van der Waals surface area contributed by atoms with Crippen molar-refractivity contribution < 1.29 is 23.1 Å². The number of esters is 1. The van der Waals surface area contributed by atoms with Crippen molar-refractivity contribution in [1.82, 2.24) is 0 Å². The van der Waals surface area contributed by atoms with Crippen molar-refractivity contribution in [2.24, 2.45) is 0 Å². The quantitative estimate of drug-likeness (QED) is 0.433. The number of rotatable bonds is 7. The summed E-state index contributed by atoms with van der Waals surface area (Å²) in [4.78, 5) is 23.0. The van der Waals surface area contributed by atoms with E-state index in [4.69, 9.17) is 0 Å². The Kier molecular flexibility index (Phi) is 6.28. The molecule has 0 aliphatic heterocycles. The Labute approximate surface area is 116 Å². The van der Waals surface area contributed by atoms with Crippen molar-refractivity contribution >= 4 is 11.8 Å². The molecule has 0 unspecified atom stereocenters. The zero-order valence-electron chi connectivity index (χ0n) is 11.7. The van der Waals surface area contributed by atoms with Gasteiger partial charge in [0.05, 0.1) is 7.11 Å². The molecule has 110 valence electrons. The van der Waals surface area contributed by atoms with Crippen LogP contribution < -0.4 is 0 Å². The minimum absolute atomic E-state index is 0.0517. The predicted molar refractivity (Wildman–Crippen MR) is 70.8 cm³/mol. The van der Waals surface area contributed by atoms with Crippen LogP contribution in [0, 0.1) is 11.6 Å². The van der Waals surface area contributed by atoms with Gasteiger partial charge in [0.1, 0.15) is 17.2 Å². The lowest BCUT2D eigenvalue weighted by molar-refractivity contribution is 0.0589. The lowest BCUT2D eigenvalue weighted by atomic mass is 10.0. The van der Waals surface area contributed by atoms with Crippen LogP contribution in [-0.2, 0) is 4.74 Å². The van der Waals surface area contributed by atoms with E-state index in [9.17, 15) is 18.4 Å². The molecular formula is C15H18F2O3. The van der Waals surface area contributed by atoms with E-state index in [0.29, 0.717) is 6.42 Å². The van der Waals surface area contributed by atoms with Crippen LogP contribution in [0.1, 0.15) is 59.7 Å². The molecule has 20 heavy (non-hydrogen) atoms. The molecular weight excluding hydrogens is 266 g/mol. The topological polar surface area (TPSA) is 43.4 Å². The highest BCUT2D eigenvalue weighted by Gasteiger charge is 2.21. The first-order valence-electron chi connectivity index (χ1n) is 6.61. The normalized spacial score (nSPS) is 10.4. The Morgan fingerprint density at radius 2 is 1.70 bits per heavy atom. The van der Waals surface area contributed by atoms with E-state index in [-0.39, 0.29) is 17.8 Å². The molecule has 5 heteroatoms. The molecule has 0 radical (unpaired) electrons. The number of unbranched alkanes of at least 4 members (excludes halogenated alkanes) is 3. The van der Waals surface area contributed by atoms with Crippen molar-refractivity contribution in [1.29, 1.82) is 0 Å². The fraction of sp³-hybridized carbons (Fsp3) is 0.467. The zero-order valence-corrected chi connectivity index (χ0v) is 11.7. The highest BCUT2D eigenvalue weighted by molar-refractivity contribution is 5.97. The van der Waals surface area contributed by atoms with Crippen LogP contribution in [0.2, 0.25) is 0 Å². The molecule has 0 aromatic heterocycles. The van der Waals surface area contributed by atoms with E-state index in [2.05, 4.69) is 11.7 Å². The average molecular weight is 284 g/mol. The number of carbonyl (C=O) groups is 2. The van der Waals surface area contributed by atoms with Crippen molar-refractivity contribution in [2.75, 3.05) is 7.11 Å². The zero-order chi connectivity index (χ0) is 15.1. The van der Waals surface area contributed by atoms with Crippen LogP contribution in [0.4, 0.5) is 8.78 Å². The van der Waals surface area contributed by atoms with Gasteiger partial charge in [-0.2, -0.15) is 0 Å². The smallest absolute Gasteiger partial charge is 0.343 e. The van der Waals surface area contributed by atoms with Gasteiger partial charge < -0.3 is 4.74 Å². The monoisotopic (exact) mass is 284 g/mol. The maximum Gasteiger partial charge on any atom is 0.343 e. The summed E-state index contributed by atoms with van der Waals surface area (Å²) in [5.74, 6) is -3.57. The van der Waals surface area contributed by atoms with Crippen molar-refractivity contribution in [3.63, 3.8) is 0 Å². The molecule has 0 saturated carbocycles. The number of ketones is 1. The third kappa shape index (κ3) is 4.11. The molecule has 0 heterocycles.